The van der Waals surface area contributed by atoms with Crippen molar-refractivity contribution in [3.63, 3.8) is 0 Å². The lowest BCUT2D eigenvalue weighted by Crippen LogP contribution is -2.54. The predicted molar refractivity (Wildman–Crippen MR) is 195 cm³/mol. The van der Waals surface area contributed by atoms with E-state index in [-0.39, 0.29) is 72.2 Å². The van der Waals surface area contributed by atoms with Crippen LogP contribution < -0.4 is 32.7 Å². The molecule has 1 saturated heterocycles. The van der Waals surface area contributed by atoms with Crippen LogP contribution in [0, 0.1) is 12.7 Å². The average Bonchev–Trinajstić information content (AvgIpc) is 3.38. The SMILES string of the molecule is Cc1c(N)cncc1-c1cc2cc(NC(=O)CCNC(=O)CCCCCNc3cccc4c3C(=O)N(C3CCC(=O)NC3=O)C4=O)ncc2c(N)c1F. The number of imide groups is 2. The van der Waals surface area contributed by atoms with Crippen LogP contribution >= 0.6 is 0 Å². The number of nitrogens with zero attached hydrogens (tertiary/aromatic N) is 3. The molecule has 2 aliphatic rings. The van der Waals surface area contributed by atoms with Gasteiger partial charge in [0, 0.05) is 66.9 Å². The standard InChI is InChI=1S/C37H38FN9O6/c1-19-23(16-41-18-25(19)39)22-14-20-15-28(44-17-24(20)34(40)33(22)38)45-31(50)11-13-43-29(48)8-3-2-4-12-42-26-7-5-6-21-32(26)37(53)47(36(21)52)27-9-10-30(49)46-35(27)51/h5-7,14-18,27,42H,2-4,8-13,39-40H2,1H3,(H,43,48)(H,44,45,50)(H,46,49,51). The fourth-order valence-electron chi connectivity index (χ4n) is 6.46. The lowest BCUT2D eigenvalue weighted by Gasteiger charge is -2.27. The van der Waals surface area contributed by atoms with Crippen molar-refractivity contribution >= 4 is 69.1 Å². The highest BCUT2D eigenvalue weighted by Gasteiger charge is 2.45. The number of nitrogen functional groups attached to an aromatic ring is 2. The Morgan fingerprint density at radius 3 is 2.55 bits per heavy atom. The Bertz CT molecular complexity index is 2170. The van der Waals surface area contributed by atoms with Crippen molar-refractivity contribution in [1.29, 1.82) is 0 Å². The van der Waals surface area contributed by atoms with E-state index in [2.05, 4.69) is 31.2 Å². The second-order valence-electron chi connectivity index (χ2n) is 12.9. The molecule has 1 fully saturated rings. The normalized spacial score (nSPS) is 15.4. The fourth-order valence-corrected chi connectivity index (χ4v) is 6.46. The number of amides is 6. The first-order chi connectivity index (χ1) is 25.4. The number of halogens is 1. The molecular weight excluding hydrogens is 685 g/mol. The van der Waals surface area contributed by atoms with Gasteiger partial charge in [-0.25, -0.2) is 9.37 Å². The van der Waals surface area contributed by atoms with Gasteiger partial charge in [-0.05, 0) is 61.4 Å². The van der Waals surface area contributed by atoms with Crippen LogP contribution in [0.4, 0.5) is 27.3 Å². The molecular formula is C37H38FN9O6. The van der Waals surface area contributed by atoms with E-state index in [0.29, 0.717) is 59.1 Å². The summed E-state index contributed by atoms with van der Waals surface area (Å²) in [4.78, 5) is 84.3. The van der Waals surface area contributed by atoms with E-state index >= 15 is 4.39 Å². The summed E-state index contributed by atoms with van der Waals surface area (Å²) in [6, 6.07) is 7.03. The summed E-state index contributed by atoms with van der Waals surface area (Å²) in [5.74, 6) is -3.21. The zero-order chi connectivity index (χ0) is 37.8. The number of carbonyl (C=O) groups is 6. The Balaban J connectivity index is 0.924. The van der Waals surface area contributed by atoms with Crippen LogP contribution in [0.3, 0.4) is 0 Å². The minimum Gasteiger partial charge on any atom is -0.397 e. The van der Waals surface area contributed by atoms with Crippen molar-refractivity contribution in [2.45, 2.75) is 57.9 Å². The van der Waals surface area contributed by atoms with Crippen LogP contribution in [0.2, 0.25) is 0 Å². The number of unbranched alkanes of at least 4 members (excludes halogenated alkanes) is 2. The number of hydrogen-bond donors (Lipinski definition) is 6. The molecule has 4 heterocycles. The highest BCUT2D eigenvalue weighted by Crippen LogP contribution is 2.36. The quantitative estimate of drug-likeness (QED) is 0.0665. The molecule has 274 valence electrons. The summed E-state index contributed by atoms with van der Waals surface area (Å²) >= 11 is 0. The van der Waals surface area contributed by atoms with Crippen LogP contribution in [0.15, 0.2) is 48.9 Å². The van der Waals surface area contributed by atoms with E-state index in [1.807, 2.05) is 0 Å². The first-order valence-electron chi connectivity index (χ1n) is 17.2. The van der Waals surface area contributed by atoms with Gasteiger partial charge in [-0.2, -0.15) is 0 Å². The Kier molecular flexibility index (Phi) is 10.6. The second kappa shape index (κ2) is 15.4. The number of hydrogen-bond acceptors (Lipinski definition) is 11. The molecule has 8 N–H and O–H groups in total. The molecule has 2 aliphatic heterocycles. The maximum Gasteiger partial charge on any atom is 0.264 e. The molecule has 6 amide bonds. The molecule has 1 unspecified atom stereocenters. The smallest absolute Gasteiger partial charge is 0.264 e. The molecule has 6 rings (SSSR count). The van der Waals surface area contributed by atoms with Crippen LogP contribution in [0.5, 0.6) is 0 Å². The first-order valence-corrected chi connectivity index (χ1v) is 17.2. The number of aromatic nitrogens is 2. The molecule has 53 heavy (non-hydrogen) atoms. The number of nitrogens with two attached hydrogens (primary N) is 2. The summed E-state index contributed by atoms with van der Waals surface area (Å²) < 4.78 is 15.2. The fraction of sp³-hybridized carbons (Fsp3) is 0.297. The van der Waals surface area contributed by atoms with E-state index in [1.54, 1.807) is 31.2 Å². The zero-order valence-electron chi connectivity index (χ0n) is 28.9. The van der Waals surface area contributed by atoms with Gasteiger partial charge in [-0.3, -0.25) is 44.0 Å². The van der Waals surface area contributed by atoms with Gasteiger partial charge in [0.1, 0.15) is 11.9 Å². The van der Waals surface area contributed by atoms with Gasteiger partial charge < -0.3 is 27.4 Å². The monoisotopic (exact) mass is 723 g/mol. The number of carbonyl (C=O) groups excluding carboxylic acids is 6. The summed E-state index contributed by atoms with van der Waals surface area (Å²) in [7, 11) is 0. The highest BCUT2D eigenvalue weighted by atomic mass is 19.1. The van der Waals surface area contributed by atoms with Gasteiger partial charge in [-0.15, -0.1) is 0 Å². The van der Waals surface area contributed by atoms with E-state index in [0.717, 1.165) is 4.90 Å². The van der Waals surface area contributed by atoms with E-state index in [1.165, 1.54) is 24.7 Å². The second-order valence-corrected chi connectivity index (χ2v) is 12.9. The molecule has 4 aromatic rings. The number of benzene rings is 2. The van der Waals surface area contributed by atoms with Crippen molar-refractivity contribution in [2.24, 2.45) is 0 Å². The maximum atomic E-state index is 15.2. The average molecular weight is 724 g/mol. The van der Waals surface area contributed by atoms with Gasteiger partial charge in [0.25, 0.3) is 11.8 Å². The molecule has 0 aliphatic carbocycles. The number of nitrogens with one attached hydrogen (secondary N) is 4. The van der Waals surface area contributed by atoms with E-state index in [4.69, 9.17) is 11.5 Å². The lowest BCUT2D eigenvalue weighted by molar-refractivity contribution is -0.136. The maximum absolute atomic E-state index is 15.2. The summed E-state index contributed by atoms with van der Waals surface area (Å²) in [6.45, 7) is 2.35. The van der Waals surface area contributed by atoms with Gasteiger partial charge in [0.05, 0.1) is 28.7 Å². The lowest BCUT2D eigenvalue weighted by atomic mass is 9.97. The summed E-state index contributed by atoms with van der Waals surface area (Å²) in [6.07, 6.45) is 6.72. The van der Waals surface area contributed by atoms with Crippen LogP contribution in [-0.2, 0) is 19.2 Å². The highest BCUT2D eigenvalue weighted by molar-refractivity contribution is 6.25. The Morgan fingerprint density at radius 2 is 1.75 bits per heavy atom. The Labute approximate surface area is 303 Å². The van der Waals surface area contributed by atoms with Crippen LogP contribution in [0.25, 0.3) is 21.9 Å². The molecule has 2 aromatic carbocycles. The molecule has 0 saturated carbocycles. The molecule has 0 bridgehead atoms. The Hall–Kier alpha value is -6.45. The molecule has 0 radical (unpaired) electrons. The van der Waals surface area contributed by atoms with Gasteiger partial charge in [-0.1, -0.05) is 12.5 Å². The third-order valence-electron chi connectivity index (χ3n) is 9.35. The van der Waals surface area contributed by atoms with Crippen molar-refractivity contribution in [3.8, 4) is 11.1 Å². The number of anilines is 4. The molecule has 0 spiro atoms. The van der Waals surface area contributed by atoms with Crippen molar-refractivity contribution < 1.29 is 33.2 Å². The first kappa shape index (κ1) is 36.3. The number of pyridine rings is 2. The topological polar surface area (TPSA) is 232 Å². The van der Waals surface area contributed by atoms with Crippen molar-refractivity contribution in [1.82, 2.24) is 25.5 Å². The molecule has 16 heteroatoms. The predicted octanol–water partition coefficient (Wildman–Crippen LogP) is 3.43. The van der Waals surface area contributed by atoms with Crippen LogP contribution in [-0.4, -0.2) is 69.4 Å². The number of fused-ring (bicyclic) bond motifs is 2. The molecule has 1 atom stereocenters. The van der Waals surface area contributed by atoms with Gasteiger partial charge in [0.15, 0.2) is 5.82 Å². The van der Waals surface area contributed by atoms with E-state index < -0.39 is 35.5 Å². The number of rotatable bonds is 13. The minimum atomic E-state index is -1.04. The third-order valence-corrected chi connectivity index (χ3v) is 9.35. The molecule has 2 aromatic heterocycles. The van der Waals surface area contributed by atoms with Crippen molar-refractivity contribution in [3.05, 3.63) is 71.4 Å². The van der Waals surface area contributed by atoms with Crippen LogP contribution in [0.1, 0.15) is 71.2 Å². The van der Waals surface area contributed by atoms with Gasteiger partial charge in [0.2, 0.25) is 23.6 Å². The zero-order valence-corrected chi connectivity index (χ0v) is 28.9. The largest absolute Gasteiger partial charge is 0.397 e. The summed E-state index contributed by atoms with van der Waals surface area (Å²) in [5, 5.41) is 11.8. The van der Waals surface area contributed by atoms with Gasteiger partial charge >= 0.3 is 0 Å². The minimum absolute atomic E-state index is 0.00390. The summed E-state index contributed by atoms with van der Waals surface area (Å²) in [5.41, 5.74) is 14.6. The van der Waals surface area contributed by atoms with E-state index in [9.17, 15) is 28.8 Å². The Morgan fingerprint density at radius 1 is 0.943 bits per heavy atom. The van der Waals surface area contributed by atoms with Crippen molar-refractivity contribution in [2.75, 3.05) is 35.2 Å². The molecule has 15 nitrogen and oxygen atoms in total. The number of piperidine rings is 1. The third kappa shape index (κ3) is 7.61.